The lowest BCUT2D eigenvalue weighted by Gasteiger charge is -2.12. The Morgan fingerprint density at radius 3 is 2.76 bits per heavy atom. The number of nitrogens with two attached hydrogens (primary N) is 1. The first kappa shape index (κ1) is 15.1. The molecule has 7 heteroatoms. The Hall–Kier alpha value is -2.28. The number of nitrogens with zero attached hydrogens (tertiary/aromatic N) is 1. The van der Waals surface area contributed by atoms with E-state index in [2.05, 4.69) is 10.3 Å². The predicted molar refractivity (Wildman–Crippen MR) is 82.1 cm³/mol. The van der Waals surface area contributed by atoms with Gasteiger partial charge in [-0.15, -0.1) is 0 Å². The molecule has 3 N–H and O–H groups in total. The molecule has 1 aromatic carbocycles. The number of hydrogen-bond donors (Lipinski definition) is 2. The molecule has 0 spiro atoms. The van der Waals surface area contributed by atoms with Crippen molar-refractivity contribution < 1.29 is 13.2 Å². The minimum Gasteiger partial charge on any atom is -0.481 e. The van der Waals surface area contributed by atoms with Crippen molar-refractivity contribution in [2.24, 2.45) is 0 Å². The van der Waals surface area contributed by atoms with Crippen LogP contribution in [0.15, 0.2) is 41.4 Å². The highest BCUT2D eigenvalue weighted by molar-refractivity contribution is 7.90. The smallest absolute Gasteiger partial charge is 0.213 e. The molecule has 1 heterocycles. The fraction of sp³-hybridized carbons (Fsp3) is 0.214. The van der Waals surface area contributed by atoms with E-state index in [1.165, 1.54) is 6.07 Å². The van der Waals surface area contributed by atoms with Gasteiger partial charge in [-0.2, -0.15) is 0 Å². The Bertz CT molecular complexity index is 745. The van der Waals surface area contributed by atoms with Gasteiger partial charge >= 0.3 is 0 Å². The summed E-state index contributed by atoms with van der Waals surface area (Å²) in [5, 5.41) is 3.12. The molecule has 0 saturated heterocycles. The van der Waals surface area contributed by atoms with Gasteiger partial charge in [-0.1, -0.05) is 6.07 Å². The van der Waals surface area contributed by atoms with Crippen LogP contribution in [-0.2, 0) is 16.4 Å². The molecule has 0 aliphatic rings. The Balaban J connectivity index is 2.21. The quantitative estimate of drug-likeness (QED) is 0.816. The molecule has 2 aromatic rings. The topological polar surface area (TPSA) is 94.3 Å². The van der Waals surface area contributed by atoms with Crippen LogP contribution < -0.4 is 15.8 Å². The number of aromatic nitrogens is 1. The number of sulfone groups is 1. The van der Waals surface area contributed by atoms with Crippen LogP contribution in [0.25, 0.3) is 0 Å². The molecule has 0 unspecified atom stereocenters. The Morgan fingerprint density at radius 1 is 1.33 bits per heavy atom. The number of pyridine rings is 1. The normalized spacial score (nSPS) is 11.1. The van der Waals surface area contributed by atoms with Gasteiger partial charge < -0.3 is 15.8 Å². The van der Waals surface area contributed by atoms with E-state index in [9.17, 15) is 8.42 Å². The van der Waals surface area contributed by atoms with Crippen molar-refractivity contribution in [2.75, 3.05) is 24.4 Å². The highest BCUT2D eigenvalue weighted by atomic mass is 32.2. The molecular formula is C14H17N3O3S. The van der Waals surface area contributed by atoms with Gasteiger partial charge in [-0.05, 0) is 23.8 Å². The third-order valence-corrected chi connectivity index (χ3v) is 4.11. The summed E-state index contributed by atoms with van der Waals surface area (Å²) in [7, 11) is -1.80. The van der Waals surface area contributed by atoms with E-state index in [1.54, 1.807) is 31.5 Å². The summed E-state index contributed by atoms with van der Waals surface area (Å²) in [4.78, 5) is 4.15. The van der Waals surface area contributed by atoms with Gasteiger partial charge in [0, 0.05) is 25.1 Å². The SMILES string of the molecule is COc1cc(CNc2cccc(S(C)(=O)=O)c2N)ccn1. The lowest BCUT2D eigenvalue weighted by molar-refractivity contribution is 0.397. The summed E-state index contributed by atoms with van der Waals surface area (Å²) in [6, 6.07) is 8.52. The van der Waals surface area contributed by atoms with Gasteiger partial charge in [0.05, 0.1) is 23.4 Å². The van der Waals surface area contributed by atoms with E-state index in [0.717, 1.165) is 11.8 Å². The fourth-order valence-electron chi connectivity index (χ4n) is 1.89. The molecule has 2 rings (SSSR count). The van der Waals surface area contributed by atoms with Crippen molar-refractivity contribution in [3.63, 3.8) is 0 Å². The molecule has 0 radical (unpaired) electrons. The van der Waals surface area contributed by atoms with E-state index in [4.69, 9.17) is 10.5 Å². The molecule has 0 aliphatic heterocycles. The molecule has 0 bridgehead atoms. The van der Waals surface area contributed by atoms with Gasteiger partial charge in [0.25, 0.3) is 0 Å². The Morgan fingerprint density at radius 2 is 2.10 bits per heavy atom. The van der Waals surface area contributed by atoms with Gasteiger partial charge in [0.2, 0.25) is 5.88 Å². The van der Waals surface area contributed by atoms with Crippen LogP contribution in [0.1, 0.15) is 5.56 Å². The second-order valence-electron chi connectivity index (χ2n) is 4.55. The van der Waals surface area contributed by atoms with Crippen LogP contribution in [0, 0.1) is 0 Å². The van der Waals surface area contributed by atoms with Crippen molar-refractivity contribution >= 4 is 21.2 Å². The summed E-state index contributed by atoms with van der Waals surface area (Å²) in [5.74, 6) is 0.521. The zero-order valence-corrected chi connectivity index (χ0v) is 12.6. The van der Waals surface area contributed by atoms with Crippen molar-refractivity contribution in [3.05, 3.63) is 42.1 Å². The lowest BCUT2D eigenvalue weighted by Crippen LogP contribution is -2.07. The van der Waals surface area contributed by atoms with E-state index in [-0.39, 0.29) is 10.6 Å². The van der Waals surface area contributed by atoms with E-state index < -0.39 is 9.84 Å². The van der Waals surface area contributed by atoms with Crippen LogP contribution in [0.2, 0.25) is 0 Å². The van der Waals surface area contributed by atoms with Crippen molar-refractivity contribution in [1.82, 2.24) is 4.98 Å². The Kier molecular flexibility index (Phi) is 4.32. The molecule has 0 atom stereocenters. The van der Waals surface area contributed by atoms with Crippen molar-refractivity contribution in [2.45, 2.75) is 11.4 Å². The number of nitrogen functional groups attached to an aromatic ring is 1. The molecule has 0 saturated carbocycles. The van der Waals surface area contributed by atoms with E-state index in [0.29, 0.717) is 18.1 Å². The summed E-state index contributed by atoms with van der Waals surface area (Å²) in [6.45, 7) is 0.482. The number of nitrogens with one attached hydrogen (secondary N) is 1. The van der Waals surface area contributed by atoms with Crippen LogP contribution in [0.5, 0.6) is 5.88 Å². The maximum absolute atomic E-state index is 11.6. The van der Waals surface area contributed by atoms with E-state index in [1.807, 2.05) is 6.07 Å². The zero-order valence-electron chi connectivity index (χ0n) is 11.8. The van der Waals surface area contributed by atoms with Crippen LogP contribution in [0.3, 0.4) is 0 Å². The first-order valence-corrected chi connectivity index (χ1v) is 8.12. The maximum Gasteiger partial charge on any atom is 0.213 e. The number of anilines is 2. The first-order valence-electron chi connectivity index (χ1n) is 6.23. The molecular weight excluding hydrogens is 290 g/mol. The van der Waals surface area contributed by atoms with E-state index >= 15 is 0 Å². The first-order chi connectivity index (χ1) is 9.91. The lowest BCUT2D eigenvalue weighted by atomic mass is 10.2. The fourth-order valence-corrected chi connectivity index (χ4v) is 2.73. The molecule has 6 nitrogen and oxygen atoms in total. The standard InChI is InChI=1S/C14H17N3O3S/c1-20-13-8-10(6-7-16-13)9-17-11-4-3-5-12(14(11)15)21(2,18)19/h3-8,17H,9,15H2,1-2H3. The monoisotopic (exact) mass is 307 g/mol. The Labute approximate surface area is 123 Å². The van der Waals surface area contributed by atoms with Gasteiger partial charge in [-0.3, -0.25) is 0 Å². The largest absolute Gasteiger partial charge is 0.481 e. The summed E-state index contributed by atoms with van der Waals surface area (Å²) >= 11 is 0. The summed E-state index contributed by atoms with van der Waals surface area (Å²) in [5.41, 5.74) is 7.66. The molecule has 21 heavy (non-hydrogen) atoms. The van der Waals surface area contributed by atoms with Crippen LogP contribution in [0.4, 0.5) is 11.4 Å². The number of para-hydroxylation sites is 1. The van der Waals surface area contributed by atoms with Gasteiger partial charge in [0.15, 0.2) is 9.84 Å². The van der Waals surface area contributed by atoms with Crippen LogP contribution in [-0.4, -0.2) is 26.8 Å². The molecule has 112 valence electrons. The number of benzene rings is 1. The number of hydrogen-bond acceptors (Lipinski definition) is 6. The molecule has 1 aromatic heterocycles. The third kappa shape index (κ3) is 3.63. The average molecular weight is 307 g/mol. The second kappa shape index (κ2) is 6.01. The summed E-state index contributed by atoms with van der Waals surface area (Å²) in [6.07, 6.45) is 2.78. The van der Waals surface area contributed by atoms with Gasteiger partial charge in [-0.25, -0.2) is 13.4 Å². The predicted octanol–water partition coefficient (Wildman–Crippen LogP) is 1.69. The molecule has 0 amide bonds. The minimum absolute atomic E-state index is 0.125. The molecule has 0 fully saturated rings. The number of rotatable bonds is 5. The minimum atomic E-state index is -3.34. The zero-order chi connectivity index (χ0) is 15.5. The second-order valence-corrected chi connectivity index (χ2v) is 6.53. The average Bonchev–Trinajstić information content (AvgIpc) is 2.45. The van der Waals surface area contributed by atoms with Gasteiger partial charge in [0.1, 0.15) is 0 Å². The maximum atomic E-state index is 11.6. The molecule has 0 aliphatic carbocycles. The number of ether oxygens (including phenoxy) is 1. The highest BCUT2D eigenvalue weighted by Crippen LogP contribution is 2.27. The van der Waals surface area contributed by atoms with Crippen molar-refractivity contribution in [3.8, 4) is 5.88 Å². The van der Waals surface area contributed by atoms with Crippen LogP contribution >= 0.6 is 0 Å². The van der Waals surface area contributed by atoms with Crippen molar-refractivity contribution in [1.29, 1.82) is 0 Å². The highest BCUT2D eigenvalue weighted by Gasteiger charge is 2.13. The summed E-state index contributed by atoms with van der Waals surface area (Å²) < 4.78 is 28.3. The number of methoxy groups -OCH3 is 1. The third-order valence-electron chi connectivity index (χ3n) is 2.96.